The van der Waals surface area contributed by atoms with Crippen molar-refractivity contribution in [3.63, 3.8) is 0 Å². The van der Waals surface area contributed by atoms with E-state index in [0.717, 1.165) is 22.6 Å². The highest BCUT2D eigenvalue weighted by molar-refractivity contribution is 7.89. The van der Waals surface area contributed by atoms with Gasteiger partial charge in [0.25, 0.3) is 0 Å². The summed E-state index contributed by atoms with van der Waals surface area (Å²) in [5.74, 6) is 0.753. The van der Waals surface area contributed by atoms with Crippen LogP contribution in [0.4, 0.5) is 5.82 Å². The molecule has 2 aromatic carbocycles. The van der Waals surface area contributed by atoms with Gasteiger partial charge >= 0.3 is 0 Å². The zero-order valence-corrected chi connectivity index (χ0v) is 18.5. The van der Waals surface area contributed by atoms with Crippen LogP contribution in [0.1, 0.15) is 11.1 Å². The van der Waals surface area contributed by atoms with Gasteiger partial charge in [-0.3, -0.25) is 0 Å². The number of hydrogen-bond acceptors (Lipinski definition) is 5. The lowest BCUT2D eigenvalue weighted by atomic mass is 10.1. The van der Waals surface area contributed by atoms with Crippen molar-refractivity contribution in [1.82, 2.24) is 14.5 Å². The third-order valence-corrected chi connectivity index (χ3v) is 7.68. The highest BCUT2D eigenvalue weighted by Gasteiger charge is 2.30. The maximum absolute atomic E-state index is 13.1. The molecule has 1 aliphatic rings. The van der Waals surface area contributed by atoms with Crippen molar-refractivity contribution in [3.05, 3.63) is 70.7 Å². The number of nitrogens with zero attached hydrogens (tertiary/aromatic N) is 4. The summed E-state index contributed by atoms with van der Waals surface area (Å²) in [4.78, 5) is 2.33. The van der Waals surface area contributed by atoms with Gasteiger partial charge in [-0.1, -0.05) is 41.9 Å². The van der Waals surface area contributed by atoms with Gasteiger partial charge in [-0.2, -0.15) is 4.31 Å². The number of piperazine rings is 1. The third-order valence-electron chi connectivity index (χ3n) is 5.40. The Kier molecular flexibility index (Phi) is 5.77. The second kappa shape index (κ2) is 8.34. The van der Waals surface area contributed by atoms with Crippen LogP contribution in [0.15, 0.2) is 59.5 Å². The van der Waals surface area contributed by atoms with E-state index >= 15 is 0 Å². The van der Waals surface area contributed by atoms with Gasteiger partial charge in [-0.05, 0) is 49.2 Å². The average Bonchev–Trinajstić information content (AvgIpc) is 2.76. The molecular weight excluding hydrogens is 420 g/mol. The Bertz CT molecular complexity index is 1160. The number of hydrogen-bond donors (Lipinski definition) is 0. The summed E-state index contributed by atoms with van der Waals surface area (Å²) < 4.78 is 27.6. The van der Waals surface area contributed by atoms with Crippen LogP contribution in [-0.4, -0.2) is 49.1 Å². The van der Waals surface area contributed by atoms with Crippen molar-refractivity contribution in [2.24, 2.45) is 0 Å². The maximum atomic E-state index is 13.1. The first kappa shape index (κ1) is 20.8. The molecule has 1 fully saturated rings. The molecule has 4 rings (SSSR count). The Labute approximate surface area is 182 Å². The molecule has 30 heavy (non-hydrogen) atoms. The molecule has 156 valence electrons. The summed E-state index contributed by atoms with van der Waals surface area (Å²) in [7, 11) is -3.58. The first-order valence-electron chi connectivity index (χ1n) is 9.77. The zero-order valence-electron chi connectivity index (χ0n) is 16.9. The molecule has 1 saturated heterocycles. The fourth-order valence-corrected chi connectivity index (χ4v) is 5.56. The molecule has 0 radical (unpaired) electrons. The lowest BCUT2D eigenvalue weighted by Crippen LogP contribution is -2.49. The summed E-state index contributed by atoms with van der Waals surface area (Å²) in [6, 6.07) is 16.9. The number of aromatic nitrogens is 2. The van der Waals surface area contributed by atoms with Crippen molar-refractivity contribution >= 4 is 27.4 Å². The number of sulfonamides is 1. The molecule has 0 unspecified atom stereocenters. The minimum absolute atomic E-state index is 0.269. The van der Waals surface area contributed by atoms with E-state index < -0.39 is 10.0 Å². The van der Waals surface area contributed by atoms with Gasteiger partial charge in [-0.15, -0.1) is 10.2 Å². The Hall–Kier alpha value is -2.48. The lowest BCUT2D eigenvalue weighted by molar-refractivity contribution is 0.383. The molecule has 0 bridgehead atoms. The Morgan fingerprint density at radius 1 is 0.867 bits per heavy atom. The molecule has 0 saturated carbocycles. The van der Waals surface area contributed by atoms with Gasteiger partial charge in [0.15, 0.2) is 5.82 Å². The number of benzene rings is 2. The minimum Gasteiger partial charge on any atom is -0.352 e. The number of rotatable bonds is 4. The Morgan fingerprint density at radius 3 is 2.27 bits per heavy atom. The molecule has 1 aliphatic heterocycles. The first-order valence-corrected chi connectivity index (χ1v) is 11.6. The lowest BCUT2D eigenvalue weighted by Gasteiger charge is -2.34. The van der Waals surface area contributed by atoms with Crippen LogP contribution in [0.25, 0.3) is 11.3 Å². The van der Waals surface area contributed by atoms with E-state index in [1.807, 2.05) is 43.3 Å². The molecule has 0 amide bonds. The van der Waals surface area contributed by atoms with E-state index in [1.165, 1.54) is 10.4 Å². The van der Waals surface area contributed by atoms with Crippen LogP contribution in [0.5, 0.6) is 0 Å². The summed E-state index contributed by atoms with van der Waals surface area (Å²) in [6.45, 7) is 5.71. The minimum atomic E-state index is -3.58. The predicted octanol–water partition coefficient (Wildman–Crippen LogP) is 3.92. The summed E-state index contributed by atoms with van der Waals surface area (Å²) in [5.41, 5.74) is 3.73. The number of aryl methyl sites for hydroxylation is 2. The molecule has 1 aromatic heterocycles. The molecule has 0 N–H and O–H groups in total. The molecule has 0 atom stereocenters. The molecule has 3 aromatic rings. The van der Waals surface area contributed by atoms with E-state index in [4.69, 9.17) is 11.6 Å². The van der Waals surface area contributed by atoms with Crippen molar-refractivity contribution < 1.29 is 8.42 Å². The summed E-state index contributed by atoms with van der Waals surface area (Å²) >= 11 is 6.03. The normalized spacial score (nSPS) is 15.4. The SMILES string of the molecule is Cc1ccccc1-c1ccc(N2CCN(S(=O)(=O)c3cc(Cl)ccc3C)CC2)nn1. The molecule has 0 spiro atoms. The highest BCUT2D eigenvalue weighted by atomic mass is 35.5. The molecule has 8 heteroatoms. The predicted molar refractivity (Wildman–Crippen MR) is 119 cm³/mol. The standard InChI is InChI=1S/C22H23ClN4O2S/c1-16-5-3-4-6-19(16)20-9-10-22(25-24-20)26-11-13-27(14-12-26)30(28,29)21-15-18(23)8-7-17(21)2/h3-10,15H,11-14H2,1-2H3. The number of halogens is 1. The molecule has 0 aliphatic carbocycles. The Morgan fingerprint density at radius 2 is 1.60 bits per heavy atom. The van der Waals surface area contributed by atoms with E-state index in [9.17, 15) is 8.42 Å². The topological polar surface area (TPSA) is 66.4 Å². The monoisotopic (exact) mass is 442 g/mol. The fourth-order valence-electron chi connectivity index (χ4n) is 3.65. The van der Waals surface area contributed by atoms with E-state index in [1.54, 1.807) is 19.1 Å². The van der Waals surface area contributed by atoms with Gasteiger partial charge in [0, 0.05) is 36.8 Å². The van der Waals surface area contributed by atoms with E-state index in [0.29, 0.717) is 36.8 Å². The van der Waals surface area contributed by atoms with Crippen molar-refractivity contribution in [2.45, 2.75) is 18.7 Å². The van der Waals surface area contributed by atoms with Gasteiger partial charge in [-0.25, -0.2) is 8.42 Å². The Balaban J connectivity index is 1.47. The van der Waals surface area contributed by atoms with Gasteiger partial charge in [0.2, 0.25) is 10.0 Å². The van der Waals surface area contributed by atoms with E-state index in [2.05, 4.69) is 15.1 Å². The third kappa shape index (κ3) is 4.05. The largest absolute Gasteiger partial charge is 0.352 e. The van der Waals surface area contributed by atoms with Gasteiger partial charge in [0.1, 0.15) is 0 Å². The van der Waals surface area contributed by atoms with Crippen LogP contribution >= 0.6 is 11.6 Å². The second-order valence-corrected chi connectivity index (χ2v) is 9.74. The molecular formula is C22H23ClN4O2S. The van der Waals surface area contributed by atoms with E-state index in [-0.39, 0.29) is 4.90 Å². The fraction of sp³-hybridized carbons (Fsp3) is 0.273. The van der Waals surface area contributed by atoms with Gasteiger partial charge in [0.05, 0.1) is 10.6 Å². The van der Waals surface area contributed by atoms with Crippen LogP contribution in [0, 0.1) is 13.8 Å². The van der Waals surface area contributed by atoms with Crippen molar-refractivity contribution in [3.8, 4) is 11.3 Å². The first-order chi connectivity index (χ1) is 14.4. The highest BCUT2D eigenvalue weighted by Crippen LogP contribution is 2.26. The summed E-state index contributed by atoms with van der Waals surface area (Å²) in [5, 5.41) is 9.18. The number of anilines is 1. The molecule has 6 nitrogen and oxygen atoms in total. The molecule has 2 heterocycles. The van der Waals surface area contributed by atoms with Crippen LogP contribution < -0.4 is 4.90 Å². The van der Waals surface area contributed by atoms with Crippen LogP contribution in [0.2, 0.25) is 5.02 Å². The quantitative estimate of drug-likeness (QED) is 0.612. The van der Waals surface area contributed by atoms with Crippen LogP contribution in [-0.2, 0) is 10.0 Å². The average molecular weight is 443 g/mol. The van der Waals surface area contributed by atoms with Gasteiger partial charge < -0.3 is 4.90 Å². The zero-order chi connectivity index (χ0) is 21.3. The smallest absolute Gasteiger partial charge is 0.243 e. The summed E-state index contributed by atoms with van der Waals surface area (Å²) in [6.07, 6.45) is 0. The van der Waals surface area contributed by atoms with Crippen molar-refractivity contribution in [1.29, 1.82) is 0 Å². The maximum Gasteiger partial charge on any atom is 0.243 e. The van der Waals surface area contributed by atoms with Crippen LogP contribution in [0.3, 0.4) is 0 Å². The second-order valence-electron chi connectivity index (χ2n) is 7.39. The van der Waals surface area contributed by atoms with Crippen molar-refractivity contribution in [2.75, 3.05) is 31.1 Å².